The molecule has 3 rings (SSSR count). The summed E-state index contributed by atoms with van der Waals surface area (Å²) < 4.78 is 26.6. The molecule has 1 aromatic rings. The molecule has 1 atom stereocenters. The number of amides is 2. The molecule has 2 heterocycles. The lowest BCUT2D eigenvalue weighted by Gasteiger charge is -2.43. The van der Waals surface area contributed by atoms with Crippen LogP contribution in [0.3, 0.4) is 0 Å². The SMILES string of the molecule is O=C1C(=O)N2CCNCC2CN1Cc1ccc(F)cc1F. The second kappa shape index (κ2) is 5.40. The Morgan fingerprint density at radius 2 is 2.05 bits per heavy atom. The molecule has 7 heteroatoms. The Hall–Kier alpha value is -2.02. The highest BCUT2D eigenvalue weighted by Crippen LogP contribution is 2.18. The maximum atomic E-state index is 13.7. The van der Waals surface area contributed by atoms with Crippen molar-refractivity contribution in [3.8, 4) is 0 Å². The monoisotopic (exact) mass is 295 g/mol. The summed E-state index contributed by atoms with van der Waals surface area (Å²) in [5.41, 5.74) is 0.203. The van der Waals surface area contributed by atoms with Crippen molar-refractivity contribution in [2.75, 3.05) is 26.2 Å². The lowest BCUT2D eigenvalue weighted by Crippen LogP contribution is -2.65. The number of carbonyl (C=O) groups excluding carboxylic acids is 2. The van der Waals surface area contributed by atoms with Crippen LogP contribution in [-0.4, -0.2) is 53.8 Å². The van der Waals surface area contributed by atoms with E-state index in [1.165, 1.54) is 11.0 Å². The van der Waals surface area contributed by atoms with Crippen LogP contribution in [0.25, 0.3) is 0 Å². The summed E-state index contributed by atoms with van der Waals surface area (Å²) in [7, 11) is 0. The van der Waals surface area contributed by atoms with E-state index in [0.717, 1.165) is 12.1 Å². The zero-order valence-electron chi connectivity index (χ0n) is 11.3. The number of hydrogen-bond acceptors (Lipinski definition) is 3. The molecule has 0 radical (unpaired) electrons. The van der Waals surface area contributed by atoms with Crippen LogP contribution in [0, 0.1) is 11.6 Å². The summed E-state index contributed by atoms with van der Waals surface area (Å²) in [5.74, 6) is -2.55. The molecule has 2 amide bonds. The minimum Gasteiger partial charge on any atom is -0.328 e. The Kier molecular flexibility index (Phi) is 3.59. The number of hydrogen-bond donors (Lipinski definition) is 1. The van der Waals surface area contributed by atoms with Crippen LogP contribution < -0.4 is 5.32 Å². The van der Waals surface area contributed by atoms with Gasteiger partial charge in [-0.15, -0.1) is 0 Å². The van der Waals surface area contributed by atoms with Gasteiger partial charge in [0, 0.05) is 44.4 Å². The average molecular weight is 295 g/mol. The maximum Gasteiger partial charge on any atom is 0.312 e. The fraction of sp³-hybridized carbons (Fsp3) is 0.429. The lowest BCUT2D eigenvalue weighted by molar-refractivity contribution is -0.160. The van der Waals surface area contributed by atoms with E-state index >= 15 is 0 Å². The van der Waals surface area contributed by atoms with Gasteiger partial charge in [0.25, 0.3) is 0 Å². The van der Waals surface area contributed by atoms with Crippen LogP contribution >= 0.6 is 0 Å². The molecule has 2 fully saturated rings. The molecule has 0 spiro atoms. The molecule has 2 aliphatic rings. The normalized spacial score (nSPS) is 22.5. The standard InChI is InChI=1S/C14H15F2N3O2/c15-10-2-1-9(12(16)5-10)7-18-8-11-6-17-3-4-19(11)14(21)13(18)20/h1-2,5,11,17H,3-4,6-8H2. The highest BCUT2D eigenvalue weighted by atomic mass is 19.1. The number of benzene rings is 1. The van der Waals surface area contributed by atoms with Crippen molar-refractivity contribution < 1.29 is 18.4 Å². The first-order valence-corrected chi connectivity index (χ1v) is 6.81. The second-order valence-corrected chi connectivity index (χ2v) is 5.28. The first-order chi connectivity index (χ1) is 10.1. The van der Waals surface area contributed by atoms with Crippen molar-refractivity contribution in [3.05, 3.63) is 35.4 Å². The van der Waals surface area contributed by atoms with E-state index in [2.05, 4.69) is 5.32 Å². The summed E-state index contributed by atoms with van der Waals surface area (Å²) in [5, 5.41) is 3.17. The highest BCUT2D eigenvalue weighted by molar-refractivity contribution is 6.35. The largest absolute Gasteiger partial charge is 0.328 e. The van der Waals surface area contributed by atoms with E-state index in [1.54, 1.807) is 4.90 Å². The fourth-order valence-corrected chi connectivity index (χ4v) is 2.78. The Balaban J connectivity index is 1.78. The fourth-order valence-electron chi connectivity index (χ4n) is 2.78. The Morgan fingerprint density at radius 3 is 2.81 bits per heavy atom. The molecule has 0 aliphatic carbocycles. The van der Waals surface area contributed by atoms with Crippen molar-refractivity contribution in [2.24, 2.45) is 0 Å². The predicted molar refractivity (Wildman–Crippen MR) is 70.1 cm³/mol. The predicted octanol–water partition coefficient (Wildman–Crippen LogP) is 0.107. The van der Waals surface area contributed by atoms with Gasteiger partial charge < -0.3 is 15.1 Å². The van der Waals surface area contributed by atoms with Crippen molar-refractivity contribution in [2.45, 2.75) is 12.6 Å². The summed E-state index contributed by atoms with van der Waals surface area (Å²) >= 11 is 0. The summed E-state index contributed by atoms with van der Waals surface area (Å²) in [6, 6.07) is 3.13. The van der Waals surface area contributed by atoms with Gasteiger partial charge in [-0.05, 0) is 6.07 Å². The zero-order valence-corrected chi connectivity index (χ0v) is 11.3. The van der Waals surface area contributed by atoms with Crippen LogP contribution in [0.5, 0.6) is 0 Å². The topological polar surface area (TPSA) is 52.7 Å². The third kappa shape index (κ3) is 2.61. The van der Waals surface area contributed by atoms with E-state index < -0.39 is 23.4 Å². The van der Waals surface area contributed by atoms with Gasteiger partial charge in [0.2, 0.25) is 0 Å². The third-order valence-electron chi connectivity index (χ3n) is 3.89. The van der Waals surface area contributed by atoms with Gasteiger partial charge in [-0.2, -0.15) is 0 Å². The molecule has 0 saturated carbocycles. The minimum absolute atomic E-state index is 0.0268. The van der Waals surface area contributed by atoms with E-state index in [-0.39, 0.29) is 18.2 Å². The highest BCUT2D eigenvalue weighted by Gasteiger charge is 2.40. The molecule has 1 unspecified atom stereocenters. The first kappa shape index (κ1) is 13.9. The van der Waals surface area contributed by atoms with Crippen LogP contribution in [0.2, 0.25) is 0 Å². The van der Waals surface area contributed by atoms with Gasteiger partial charge in [-0.1, -0.05) is 6.07 Å². The molecule has 2 saturated heterocycles. The Labute approximate surface area is 120 Å². The number of nitrogens with zero attached hydrogens (tertiary/aromatic N) is 2. The molecule has 1 N–H and O–H groups in total. The molecule has 1 aromatic carbocycles. The van der Waals surface area contributed by atoms with Gasteiger partial charge in [-0.25, -0.2) is 8.78 Å². The molecule has 0 aromatic heterocycles. The molecule has 112 valence electrons. The van der Waals surface area contributed by atoms with Crippen LogP contribution in [0.15, 0.2) is 18.2 Å². The number of rotatable bonds is 2. The van der Waals surface area contributed by atoms with E-state index in [4.69, 9.17) is 0 Å². The minimum atomic E-state index is -0.709. The van der Waals surface area contributed by atoms with Gasteiger partial charge >= 0.3 is 11.8 Å². The van der Waals surface area contributed by atoms with E-state index in [9.17, 15) is 18.4 Å². The van der Waals surface area contributed by atoms with Crippen molar-refractivity contribution in [1.82, 2.24) is 15.1 Å². The van der Waals surface area contributed by atoms with Gasteiger partial charge in [0.1, 0.15) is 11.6 Å². The second-order valence-electron chi connectivity index (χ2n) is 5.28. The van der Waals surface area contributed by atoms with E-state index in [1.807, 2.05) is 0 Å². The lowest BCUT2D eigenvalue weighted by atomic mass is 10.1. The van der Waals surface area contributed by atoms with Crippen molar-refractivity contribution in [1.29, 1.82) is 0 Å². The first-order valence-electron chi connectivity index (χ1n) is 6.81. The van der Waals surface area contributed by atoms with Crippen LogP contribution in [0.1, 0.15) is 5.56 Å². The number of nitrogens with one attached hydrogen (secondary N) is 1. The van der Waals surface area contributed by atoms with Crippen molar-refractivity contribution >= 4 is 11.8 Å². The molecule has 21 heavy (non-hydrogen) atoms. The summed E-state index contributed by atoms with van der Waals surface area (Å²) in [6.45, 7) is 2.12. The third-order valence-corrected chi connectivity index (χ3v) is 3.89. The average Bonchev–Trinajstić information content (AvgIpc) is 2.47. The number of carbonyl (C=O) groups is 2. The molecule has 0 bridgehead atoms. The number of fused-ring (bicyclic) bond motifs is 1. The molecular formula is C14H15F2N3O2. The smallest absolute Gasteiger partial charge is 0.312 e. The van der Waals surface area contributed by atoms with Crippen molar-refractivity contribution in [3.63, 3.8) is 0 Å². The summed E-state index contributed by atoms with van der Waals surface area (Å²) in [6.07, 6.45) is 0. The van der Waals surface area contributed by atoms with Gasteiger partial charge in [0.05, 0.1) is 6.04 Å². The Bertz CT molecular complexity index is 594. The number of piperazine rings is 2. The summed E-state index contributed by atoms with van der Waals surface area (Å²) in [4.78, 5) is 27.0. The van der Waals surface area contributed by atoms with Gasteiger partial charge in [-0.3, -0.25) is 9.59 Å². The molecular weight excluding hydrogens is 280 g/mol. The Morgan fingerprint density at radius 1 is 1.24 bits per heavy atom. The number of halogens is 2. The maximum absolute atomic E-state index is 13.7. The van der Waals surface area contributed by atoms with Gasteiger partial charge in [0.15, 0.2) is 0 Å². The van der Waals surface area contributed by atoms with E-state index in [0.29, 0.717) is 26.2 Å². The molecule has 5 nitrogen and oxygen atoms in total. The quantitative estimate of drug-likeness (QED) is 0.788. The zero-order chi connectivity index (χ0) is 15.0. The van der Waals surface area contributed by atoms with Crippen LogP contribution in [-0.2, 0) is 16.1 Å². The molecule has 2 aliphatic heterocycles. The van der Waals surface area contributed by atoms with Crippen LogP contribution in [0.4, 0.5) is 8.78 Å².